The van der Waals surface area contributed by atoms with E-state index in [4.69, 9.17) is 5.73 Å². The van der Waals surface area contributed by atoms with E-state index in [0.717, 1.165) is 11.6 Å². The standard InChI is InChI=1S/C15H22N2O/c1-2-11-3-7-13(8-4-11)17-14-9-5-12(6-10-14)15(16)18/h5-6,9-11,13,17H,2-4,7-8H2,1H3,(H2,16,18). The van der Waals surface area contributed by atoms with Gasteiger partial charge in [-0.1, -0.05) is 13.3 Å². The second-order valence-corrected chi connectivity index (χ2v) is 5.21. The highest BCUT2D eigenvalue weighted by Gasteiger charge is 2.19. The SMILES string of the molecule is CCC1CCC(Nc2ccc(C(N)=O)cc2)CC1. The Labute approximate surface area is 109 Å². The highest BCUT2D eigenvalue weighted by atomic mass is 16.1. The molecule has 0 spiro atoms. The smallest absolute Gasteiger partial charge is 0.248 e. The number of rotatable bonds is 4. The summed E-state index contributed by atoms with van der Waals surface area (Å²) < 4.78 is 0. The lowest BCUT2D eigenvalue weighted by molar-refractivity contribution is 0.100. The van der Waals surface area contributed by atoms with Gasteiger partial charge in [-0.05, 0) is 55.9 Å². The number of nitrogens with one attached hydrogen (secondary N) is 1. The fourth-order valence-electron chi connectivity index (χ4n) is 2.68. The molecular weight excluding hydrogens is 224 g/mol. The van der Waals surface area contributed by atoms with E-state index in [0.29, 0.717) is 11.6 Å². The molecule has 0 radical (unpaired) electrons. The van der Waals surface area contributed by atoms with Crippen molar-refractivity contribution < 1.29 is 4.79 Å². The van der Waals surface area contributed by atoms with Gasteiger partial charge in [0.25, 0.3) is 0 Å². The molecule has 0 aromatic heterocycles. The third-order valence-corrected chi connectivity index (χ3v) is 3.96. The quantitative estimate of drug-likeness (QED) is 0.857. The minimum absolute atomic E-state index is 0.370. The zero-order valence-corrected chi connectivity index (χ0v) is 11.0. The Hall–Kier alpha value is -1.51. The highest BCUT2D eigenvalue weighted by Crippen LogP contribution is 2.28. The molecule has 3 heteroatoms. The number of hydrogen-bond donors (Lipinski definition) is 2. The van der Waals surface area contributed by atoms with Crippen molar-refractivity contribution >= 4 is 11.6 Å². The predicted octanol–water partition coefficient (Wildman–Crippen LogP) is 3.17. The molecule has 1 amide bonds. The van der Waals surface area contributed by atoms with Crippen LogP contribution in [0.15, 0.2) is 24.3 Å². The predicted molar refractivity (Wildman–Crippen MR) is 74.6 cm³/mol. The number of carbonyl (C=O) groups excluding carboxylic acids is 1. The Morgan fingerprint density at radius 2 is 1.83 bits per heavy atom. The van der Waals surface area contributed by atoms with Gasteiger partial charge in [0.2, 0.25) is 5.91 Å². The maximum absolute atomic E-state index is 11.0. The first kappa shape index (κ1) is 12.9. The summed E-state index contributed by atoms with van der Waals surface area (Å²) in [5.74, 6) is 0.547. The first-order valence-electron chi connectivity index (χ1n) is 6.85. The molecule has 1 aromatic carbocycles. The molecule has 1 fully saturated rings. The van der Waals surface area contributed by atoms with Crippen LogP contribution in [0.25, 0.3) is 0 Å². The molecule has 1 saturated carbocycles. The van der Waals surface area contributed by atoms with Crippen molar-refractivity contribution in [2.24, 2.45) is 11.7 Å². The van der Waals surface area contributed by atoms with Gasteiger partial charge in [0.15, 0.2) is 0 Å². The van der Waals surface area contributed by atoms with Crippen LogP contribution in [0.4, 0.5) is 5.69 Å². The summed E-state index contributed by atoms with van der Waals surface area (Å²) in [5.41, 5.74) is 6.87. The lowest BCUT2D eigenvalue weighted by Crippen LogP contribution is -2.25. The van der Waals surface area contributed by atoms with E-state index in [1.54, 1.807) is 12.1 Å². The van der Waals surface area contributed by atoms with Crippen LogP contribution >= 0.6 is 0 Å². The lowest BCUT2D eigenvalue weighted by Gasteiger charge is -2.29. The second-order valence-electron chi connectivity index (χ2n) is 5.21. The Bertz CT molecular complexity index is 391. The van der Waals surface area contributed by atoms with Gasteiger partial charge in [-0.2, -0.15) is 0 Å². The van der Waals surface area contributed by atoms with Gasteiger partial charge in [-0.25, -0.2) is 0 Å². The second kappa shape index (κ2) is 5.89. The van der Waals surface area contributed by atoms with Crippen molar-refractivity contribution in [3.63, 3.8) is 0 Å². The number of amides is 1. The number of hydrogen-bond acceptors (Lipinski definition) is 2. The molecule has 1 aliphatic carbocycles. The van der Waals surface area contributed by atoms with Gasteiger partial charge in [-0.3, -0.25) is 4.79 Å². The van der Waals surface area contributed by atoms with Crippen molar-refractivity contribution in [3.8, 4) is 0 Å². The molecule has 0 unspecified atom stereocenters. The summed E-state index contributed by atoms with van der Waals surface area (Å²) in [4.78, 5) is 11.0. The van der Waals surface area contributed by atoms with E-state index >= 15 is 0 Å². The van der Waals surface area contributed by atoms with Crippen molar-refractivity contribution in [1.82, 2.24) is 0 Å². The van der Waals surface area contributed by atoms with Gasteiger partial charge in [0.1, 0.15) is 0 Å². The number of anilines is 1. The van der Waals surface area contributed by atoms with Crippen LogP contribution in [-0.2, 0) is 0 Å². The van der Waals surface area contributed by atoms with Crippen LogP contribution in [0.5, 0.6) is 0 Å². The van der Waals surface area contributed by atoms with Crippen LogP contribution in [0.2, 0.25) is 0 Å². The zero-order chi connectivity index (χ0) is 13.0. The molecule has 0 heterocycles. The van der Waals surface area contributed by atoms with Gasteiger partial charge in [0.05, 0.1) is 0 Å². The molecule has 3 N–H and O–H groups in total. The van der Waals surface area contributed by atoms with Crippen molar-refractivity contribution in [1.29, 1.82) is 0 Å². The zero-order valence-electron chi connectivity index (χ0n) is 11.0. The van der Waals surface area contributed by atoms with E-state index in [-0.39, 0.29) is 5.91 Å². The maximum atomic E-state index is 11.0. The average Bonchev–Trinajstić information content (AvgIpc) is 2.40. The van der Waals surface area contributed by atoms with Gasteiger partial charge >= 0.3 is 0 Å². The Balaban J connectivity index is 1.88. The maximum Gasteiger partial charge on any atom is 0.248 e. The topological polar surface area (TPSA) is 55.1 Å². The van der Waals surface area contributed by atoms with E-state index in [2.05, 4.69) is 12.2 Å². The lowest BCUT2D eigenvalue weighted by atomic mass is 9.84. The van der Waals surface area contributed by atoms with E-state index in [1.807, 2.05) is 12.1 Å². The van der Waals surface area contributed by atoms with Gasteiger partial charge in [-0.15, -0.1) is 0 Å². The number of nitrogens with two attached hydrogens (primary N) is 1. The Kier molecular flexibility index (Phi) is 4.24. The van der Waals surface area contributed by atoms with Gasteiger partial charge < -0.3 is 11.1 Å². The molecule has 0 aliphatic heterocycles. The molecule has 1 aliphatic rings. The number of benzene rings is 1. The highest BCUT2D eigenvalue weighted by molar-refractivity contribution is 5.93. The van der Waals surface area contributed by atoms with Crippen LogP contribution in [-0.4, -0.2) is 11.9 Å². The summed E-state index contributed by atoms with van der Waals surface area (Å²) in [5, 5.41) is 3.54. The molecule has 3 nitrogen and oxygen atoms in total. The molecule has 18 heavy (non-hydrogen) atoms. The molecule has 0 bridgehead atoms. The Morgan fingerprint density at radius 1 is 1.22 bits per heavy atom. The molecular formula is C15H22N2O. The fraction of sp³-hybridized carbons (Fsp3) is 0.533. The summed E-state index contributed by atoms with van der Waals surface area (Å²) in [7, 11) is 0. The van der Waals surface area contributed by atoms with Crippen LogP contribution < -0.4 is 11.1 Å². The molecule has 98 valence electrons. The van der Waals surface area contributed by atoms with E-state index < -0.39 is 0 Å². The molecule has 0 atom stereocenters. The summed E-state index contributed by atoms with van der Waals surface area (Å²) in [6.45, 7) is 2.28. The van der Waals surface area contributed by atoms with Crippen molar-refractivity contribution in [2.45, 2.75) is 45.1 Å². The van der Waals surface area contributed by atoms with Crippen LogP contribution in [0.1, 0.15) is 49.4 Å². The minimum atomic E-state index is -0.370. The Morgan fingerprint density at radius 3 is 2.33 bits per heavy atom. The molecule has 1 aromatic rings. The van der Waals surface area contributed by atoms with E-state index in [1.165, 1.54) is 32.1 Å². The van der Waals surface area contributed by atoms with Crippen molar-refractivity contribution in [3.05, 3.63) is 29.8 Å². The monoisotopic (exact) mass is 246 g/mol. The largest absolute Gasteiger partial charge is 0.382 e. The van der Waals surface area contributed by atoms with E-state index in [9.17, 15) is 4.79 Å². The normalized spacial score (nSPS) is 23.6. The van der Waals surface area contributed by atoms with Crippen LogP contribution in [0.3, 0.4) is 0 Å². The minimum Gasteiger partial charge on any atom is -0.382 e. The fourth-order valence-corrected chi connectivity index (χ4v) is 2.68. The summed E-state index contributed by atoms with van der Waals surface area (Å²) in [6, 6.07) is 8.01. The number of primary amides is 1. The molecule has 0 saturated heterocycles. The first-order valence-corrected chi connectivity index (χ1v) is 6.85. The third-order valence-electron chi connectivity index (χ3n) is 3.96. The number of carbonyl (C=O) groups is 1. The summed E-state index contributed by atoms with van der Waals surface area (Å²) in [6.07, 6.45) is 6.45. The van der Waals surface area contributed by atoms with Crippen molar-refractivity contribution in [2.75, 3.05) is 5.32 Å². The summed E-state index contributed by atoms with van der Waals surface area (Å²) >= 11 is 0. The average molecular weight is 246 g/mol. The molecule has 2 rings (SSSR count). The van der Waals surface area contributed by atoms with Crippen LogP contribution in [0, 0.1) is 5.92 Å². The first-order chi connectivity index (χ1) is 8.69. The van der Waals surface area contributed by atoms with Gasteiger partial charge in [0, 0.05) is 17.3 Å². The third kappa shape index (κ3) is 3.25.